The Balaban J connectivity index is 2.66. The van der Waals surface area contributed by atoms with Crippen LogP contribution in [-0.4, -0.2) is 24.2 Å². The van der Waals surface area contributed by atoms with Crippen molar-refractivity contribution in [2.24, 2.45) is 5.92 Å². The molecular weight excluding hydrogens is 206 g/mol. The van der Waals surface area contributed by atoms with Gasteiger partial charge in [-0.25, -0.2) is 0 Å². The molecule has 1 rings (SSSR count). The smallest absolute Gasteiger partial charge is 0.251 e. The normalized spacial score (nSPS) is 12.1. The molecule has 0 aromatic heterocycles. The topological polar surface area (TPSA) is 101 Å². The minimum Gasteiger partial charge on any atom is -0.399 e. The Kier molecular flexibility index (Phi) is 4.13. The minimum absolute atomic E-state index is 0.0300. The third kappa shape index (κ3) is 3.43. The van der Waals surface area contributed by atoms with Crippen molar-refractivity contribution in [2.45, 2.75) is 6.92 Å². The highest BCUT2D eigenvalue weighted by atomic mass is 16.3. The number of nitrogen functional groups attached to an aromatic ring is 2. The minimum atomic E-state index is -0.237. The summed E-state index contributed by atoms with van der Waals surface area (Å²) in [5.41, 5.74) is 12.5. The van der Waals surface area contributed by atoms with E-state index in [0.717, 1.165) is 0 Å². The molecule has 0 heterocycles. The van der Waals surface area contributed by atoms with Gasteiger partial charge < -0.3 is 21.9 Å². The van der Waals surface area contributed by atoms with Crippen LogP contribution < -0.4 is 16.8 Å². The molecule has 0 aliphatic heterocycles. The molecular formula is C11H17N3O2. The second-order valence-electron chi connectivity index (χ2n) is 3.89. The third-order valence-corrected chi connectivity index (χ3v) is 2.16. The molecule has 5 heteroatoms. The number of nitrogens with one attached hydrogen (secondary N) is 1. The zero-order valence-corrected chi connectivity index (χ0v) is 9.23. The van der Waals surface area contributed by atoms with E-state index in [1.54, 1.807) is 18.2 Å². The quantitative estimate of drug-likeness (QED) is 0.548. The molecule has 5 nitrogen and oxygen atoms in total. The first kappa shape index (κ1) is 12.3. The average molecular weight is 223 g/mol. The largest absolute Gasteiger partial charge is 0.399 e. The van der Waals surface area contributed by atoms with Crippen molar-refractivity contribution in [3.05, 3.63) is 23.8 Å². The van der Waals surface area contributed by atoms with Crippen molar-refractivity contribution < 1.29 is 9.90 Å². The van der Waals surface area contributed by atoms with Gasteiger partial charge in [0, 0.05) is 30.1 Å². The van der Waals surface area contributed by atoms with Crippen LogP contribution in [0, 0.1) is 5.92 Å². The number of anilines is 2. The van der Waals surface area contributed by atoms with Crippen LogP contribution in [0.3, 0.4) is 0 Å². The number of nitrogens with two attached hydrogens (primary N) is 2. The maximum atomic E-state index is 11.7. The van der Waals surface area contributed by atoms with Gasteiger partial charge in [0.2, 0.25) is 0 Å². The number of carbonyl (C=O) groups is 1. The molecule has 0 radical (unpaired) electrons. The summed E-state index contributed by atoms with van der Waals surface area (Å²) in [6.07, 6.45) is 0. The highest BCUT2D eigenvalue weighted by Crippen LogP contribution is 2.13. The molecule has 0 aliphatic carbocycles. The fourth-order valence-electron chi connectivity index (χ4n) is 1.24. The number of aliphatic hydroxyl groups is 1. The number of aliphatic hydroxyl groups excluding tert-OH is 1. The summed E-state index contributed by atoms with van der Waals surface area (Å²) in [5.74, 6) is -0.207. The predicted molar refractivity (Wildman–Crippen MR) is 63.8 cm³/mol. The molecule has 1 unspecified atom stereocenters. The van der Waals surface area contributed by atoms with Crippen LogP contribution in [0.2, 0.25) is 0 Å². The van der Waals surface area contributed by atoms with Crippen molar-refractivity contribution in [3.63, 3.8) is 0 Å². The van der Waals surface area contributed by atoms with E-state index in [1.165, 1.54) is 0 Å². The van der Waals surface area contributed by atoms with Gasteiger partial charge in [-0.3, -0.25) is 4.79 Å². The van der Waals surface area contributed by atoms with Gasteiger partial charge in [-0.05, 0) is 24.1 Å². The van der Waals surface area contributed by atoms with E-state index in [0.29, 0.717) is 23.5 Å². The fourth-order valence-corrected chi connectivity index (χ4v) is 1.24. The van der Waals surface area contributed by atoms with Crippen molar-refractivity contribution in [1.29, 1.82) is 0 Å². The van der Waals surface area contributed by atoms with Crippen LogP contribution in [0.1, 0.15) is 17.3 Å². The molecule has 0 saturated carbocycles. The van der Waals surface area contributed by atoms with E-state index in [9.17, 15) is 4.79 Å². The average Bonchev–Trinajstić information content (AvgIpc) is 2.23. The zero-order chi connectivity index (χ0) is 12.1. The maximum Gasteiger partial charge on any atom is 0.251 e. The highest BCUT2D eigenvalue weighted by Gasteiger charge is 2.08. The second kappa shape index (κ2) is 5.37. The van der Waals surface area contributed by atoms with E-state index >= 15 is 0 Å². The Labute approximate surface area is 94.4 Å². The monoisotopic (exact) mass is 223 g/mol. The second-order valence-corrected chi connectivity index (χ2v) is 3.89. The molecule has 0 spiro atoms. The lowest BCUT2D eigenvalue weighted by Crippen LogP contribution is -2.29. The van der Waals surface area contributed by atoms with Crippen LogP contribution >= 0.6 is 0 Å². The van der Waals surface area contributed by atoms with E-state index in [1.807, 2.05) is 6.92 Å². The van der Waals surface area contributed by atoms with Gasteiger partial charge in [-0.1, -0.05) is 6.92 Å². The van der Waals surface area contributed by atoms with Crippen LogP contribution in [0.15, 0.2) is 18.2 Å². The summed E-state index contributed by atoms with van der Waals surface area (Å²) < 4.78 is 0. The summed E-state index contributed by atoms with van der Waals surface area (Å²) >= 11 is 0. The zero-order valence-electron chi connectivity index (χ0n) is 9.23. The third-order valence-electron chi connectivity index (χ3n) is 2.16. The molecule has 0 aliphatic rings. The standard InChI is InChI=1S/C11H17N3O2/c1-7(6-15)5-14-11(16)8-2-9(12)4-10(13)3-8/h2-4,7,15H,5-6,12-13H2,1H3,(H,14,16). The van der Waals surface area contributed by atoms with Gasteiger partial charge in [0.25, 0.3) is 5.91 Å². The van der Waals surface area contributed by atoms with Gasteiger partial charge in [0.15, 0.2) is 0 Å². The summed E-state index contributed by atoms with van der Waals surface area (Å²) in [6.45, 7) is 2.30. The fraction of sp³-hybridized carbons (Fsp3) is 0.364. The molecule has 0 saturated heterocycles. The van der Waals surface area contributed by atoms with Crippen molar-refractivity contribution in [2.75, 3.05) is 24.6 Å². The van der Waals surface area contributed by atoms with E-state index in [2.05, 4.69) is 5.32 Å². The molecule has 1 aromatic carbocycles. The lowest BCUT2D eigenvalue weighted by molar-refractivity contribution is 0.0942. The number of hydrogen-bond acceptors (Lipinski definition) is 4. The Hall–Kier alpha value is -1.75. The van der Waals surface area contributed by atoms with Crippen molar-refractivity contribution in [1.82, 2.24) is 5.32 Å². The molecule has 1 amide bonds. The lowest BCUT2D eigenvalue weighted by atomic mass is 10.1. The summed E-state index contributed by atoms with van der Waals surface area (Å²) in [5, 5.41) is 11.5. The first-order chi connectivity index (χ1) is 7.52. The first-order valence-corrected chi connectivity index (χ1v) is 5.08. The van der Waals surface area contributed by atoms with Crippen LogP contribution in [0.4, 0.5) is 11.4 Å². The summed E-state index contributed by atoms with van der Waals surface area (Å²) in [7, 11) is 0. The molecule has 0 fully saturated rings. The SMILES string of the molecule is CC(CO)CNC(=O)c1cc(N)cc(N)c1. The summed E-state index contributed by atoms with van der Waals surface area (Å²) in [4.78, 5) is 11.7. The Morgan fingerprint density at radius 3 is 2.44 bits per heavy atom. The van der Waals surface area contributed by atoms with Gasteiger partial charge in [0.1, 0.15) is 0 Å². The number of amides is 1. The van der Waals surface area contributed by atoms with Crippen molar-refractivity contribution in [3.8, 4) is 0 Å². The molecule has 1 aromatic rings. The highest BCUT2D eigenvalue weighted by molar-refractivity contribution is 5.96. The predicted octanol–water partition coefficient (Wildman–Crippen LogP) is 0.209. The van der Waals surface area contributed by atoms with Crippen LogP contribution in [-0.2, 0) is 0 Å². The molecule has 1 atom stereocenters. The Morgan fingerprint density at radius 1 is 1.38 bits per heavy atom. The number of benzene rings is 1. The van der Waals surface area contributed by atoms with Gasteiger partial charge in [0.05, 0.1) is 0 Å². The van der Waals surface area contributed by atoms with Gasteiger partial charge in [-0.2, -0.15) is 0 Å². The van der Waals surface area contributed by atoms with Crippen molar-refractivity contribution >= 4 is 17.3 Å². The molecule has 0 bridgehead atoms. The van der Waals surface area contributed by atoms with Crippen LogP contribution in [0.5, 0.6) is 0 Å². The summed E-state index contributed by atoms with van der Waals surface area (Å²) in [6, 6.07) is 4.72. The number of hydrogen-bond donors (Lipinski definition) is 4. The number of carbonyl (C=O) groups excluding carboxylic acids is 1. The van der Waals surface area contributed by atoms with Crippen LogP contribution in [0.25, 0.3) is 0 Å². The Morgan fingerprint density at radius 2 is 1.94 bits per heavy atom. The molecule has 6 N–H and O–H groups in total. The Bertz CT molecular complexity index is 359. The van der Waals surface area contributed by atoms with Gasteiger partial charge >= 0.3 is 0 Å². The van der Waals surface area contributed by atoms with E-state index in [-0.39, 0.29) is 18.4 Å². The van der Waals surface area contributed by atoms with E-state index in [4.69, 9.17) is 16.6 Å². The number of rotatable bonds is 4. The van der Waals surface area contributed by atoms with Gasteiger partial charge in [-0.15, -0.1) is 0 Å². The lowest BCUT2D eigenvalue weighted by Gasteiger charge is -2.10. The maximum absolute atomic E-state index is 11.7. The first-order valence-electron chi connectivity index (χ1n) is 5.08. The molecule has 88 valence electrons. The molecule has 16 heavy (non-hydrogen) atoms. The van der Waals surface area contributed by atoms with E-state index < -0.39 is 0 Å².